The fourth-order valence-corrected chi connectivity index (χ4v) is 2.94. The Kier molecular flexibility index (Phi) is 3.15. The lowest BCUT2D eigenvalue weighted by molar-refractivity contribution is 0.723. The minimum Gasteiger partial charge on any atom is -0.323 e. The van der Waals surface area contributed by atoms with E-state index in [1.54, 1.807) is 11.3 Å². The normalized spacial score (nSPS) is 11.2. The van der Waals surface area contributed by atoms with Crippen molar-refractivity contribution in [3.8, 4) is 0 Å². The first-order chi connectivity index (χ1) is 8.88. The Labute approximate surface area is 111 Å². The van der Waals surface area contributed by atoms with Crippen LogP contribution >= 0.6 is 11.3 Å². The molecule has 0 bridgehead atoms. The van der Waals surface area contributed by atoms with Crippen LogP contribution in [-0.2, 0) is 13.0 Å². The highest BCUT2D eigenvalue weighted by Crippen LogP contribution is 2.19. The van der Waals surface area contributed by atoms with Crippen LogP contribution in [0.25, 0.3) is 11.0 Å². The number of hydrogen-bond acceptors (Lipinski definition) is 2. The molecule has 3 aromatic rings. The van der Waals surface area contributed by atoms with E-state index in [9.17, 15) is 0 Å². The molecule has 0 spiro atoms. The van der Waals surface area contributed by atoms with E-state index < -0.39 is 0 Å². The summed E-state index contributed by atoms with van der Waals surface area (Å²) < 4.78 is 2.35. The van der Waals surface area contributed by atoms with Gasteiger partial charge < -0.3 is 4.57 Å². The first-order valence-corrected chi connectivity index (χ1v) is 7.28. The molecular formula is C15H16N2S. The van der Waals surface area contributed by atoms with E-state index in [1.807, 2.05) is 0 Å². The van der Waals surface area contributed by atoms with Gasteiger partial charge in [-0.15, -0.1) is 0 Å². The maximum Gasteiger partial charge on any atom is 0.110 e. The number of para-hydroxylation sites is 2. The van der Waals surface area contributed by atoms with Gasteiger partial charge in [0, 0.05) is 6.42 Å². The van der Waals surface area contributed by atoms with Crippen molar-refractivity contribution in [2.75, 3.05) is 0 Å². The fourth-order valence-electron chi connectivity index (χ4n) is 2.28. The van der Waals surface area contributed by atoms with Crippen LogP contribution in [0.5, 0.6) is 0 Å². The van der Waals surface area contributed by atoms with Crippen LogP contribution in [0.1, 0.15) is 24.7 Å². The second-order valence-electron chi connectivity index (χ2n) is 4.48. The number of imidazole rings is 1. The average molecular weight is 256 g/mol. The van der Waals surface area contributed by atoms with E-state index in [2.05, 4.69) is 52.6 Å². The molecule has 92 valence electrons. The molecule has 0 saturated heterocycles. The lowest BCUT2D eigenvalue weighted by atomic mass is 10.3. The zero-order valence-electron chi connectivity index (χ0n) is 10.5. The molecule has 2 aromatic heterocycles. The number of fused-ring (bicyclic) bond motifs is 1. The van der Waals surface area contributed by atoms with Gasteiger partial charge in [-0.25, -0.2) is 4.98 Å². The van der Waals surface area contributed by atoms with Crippen molar-refractivity contribution in [1.82, 2.24) is 9.55 Å². The number of aromatic nitrogens is 2. The Morgan fingerprint density at radius 1 is 1.22 bits per heavy atom. The van der Waals surface area contributed by atoms with Crippen molar-refractivity contribution >= 4 is 22.4 Å². The van der Waals surface area contributed by atoms with Crippen LogP contribution in [-0.4, -0.2) is 9.55 Å². The third-order valence-electron chi connectivity index (χ3n) is 3.13. The van der Waals surface area contributed by atoms with Gasteiger partial charge in [-0.2, -0.15) is 11.3 Å². The highest BCUT2D eigenvalue weighted by molar-refractivity contribution is 7.07. The van der Waals surface area contributed by atoms with E-state index in [0.29, 0.717) is 0 Å². The third-order valence-corrected chi connectivity index (χ3v) is 3.86. The van der Waals surface area contributed by atoms with Crippen molar-refractivity contribution in [2.24, 2.45) is 0 Å². The maximum absolute atomic E-state index is 4.75. The highest BCUT2D eigenvalue weighted by Gasteiger charge is 2.09. The summed E-state index contributed by atoms with van der Waals surface area (Å²) in [5.74, 6) is 1.20. The predicted octanol–water partition coefficient (Wildman–Crippen LogP) is 4.10. The maximum atomic E-state index is 4.75. The Bertz CT molecular complexity index is 638. The highest BCUT2D eigenvalue weighted by atomic mass is 32.1. The quantitative estimate of drug-likeness (QED) is 0.687. The van der Waals surface area contributed by atoms with Crippen LogP contribution in [0.4, 0.5) is 0 Å². The Morgan fingerprint density at radius 3 is 2.89 bits per heavy atom. The monoisotopic (exact) mass is 256 g/mol. The van der Waals surface area contributed by atoms with E-state index in [-0.39, 0.29) is 0 Å². The molecule has 0 aliphatic carbocycles. The van der Waals surface area contributed by atoms with Crippen molar-refractivity contribution in [2.45, 2.75) is 26.3 Å². The van der Waals surface area contributed by atoms with Crippen LogP contribution in [0.2, 0.25) is 0 Å². The smallest absolute Gasteiger partial charge is 0.110 e. The summed E-state index contributed by atoms with van der Waals surface area (Å²) in [5.41, 5.74) is 3.71. The fraction of sp³-hybridized carbons (Fsp3) is 0.267. The van der Waals surface area contributed by atoms with Crippen molar-refractivity contribution in [3.63, 3.8) is 0 Å². The molecule has 0 radical (unpaired) electrons. The molecule has 0 fully saturated rings. The standard InChI is InChI=1S/C15H16N2S/c1-2-5-15-16-13-6-3-4-7-14(13)17(15)10-12-8-9-18-11-12/h3-4,6-9,11H,2,5,10H2,1H3. The van der Waals surface area contributed by atoms with Gasteiger partial charge in [-0.1, -0.05) is 19.1 Å². The van der Waals surface area contributed by atoms with Crippen LogP contribution in [0, 0.1) is 0 Å². The molecule has 2 heterocycles. The summed E-state index contributed by atoms with van der Waals surface area (Å²) in [4.78, 5) is 4.75. The number of hydrogen-bond donors (Lipinski definition) is 0. The SMILES string of the molecule is CCCc1nc2ccccc2n1Cc1ccsc1. The van der Waals surface area contributed by atoms with Gasteiger partial charge in [0.05, 0.1) is 17.6 Å². The molecule has 0 saturated carbocycles. The summed E-state index contributed by atoms with van der Waals surface area (Å²) >= 11 is 1.75. The minimum absolute atomic E-state index is 0.930. The molecular weight excluding hydrogens is 240 g/mol. The lowest BCUT2D eigenvalue weighted by Gasteiger charge is -2.07. The first kappa shape index (κ1) is 11.5. The Balaban J connectivity index is 2.09. The van der Waals surface area contributed by atoms with Gasteiger partial charge in [-0.3, -0.25) is 0 Å². The molecule has 2 nitrogen and oxygen atoms in total. The molecule has 3 rings (SSSR count). The number of nitrogens with zero attached hydrogens (tertiary/aromatic N) is 2. The van der Waals surface area contributed by atoms with Crippen molar-refractivity contribution < 1.29 is 0 Å². The molecule has 0 atom stereocenters. The predicted molar refractivity (Wildman–Crippen MR) is 77.1 cm³/mol. The molecule has 1 aromatic carbocycles. The third kappa shape index (κ3) is 2.06. The topological polar surface area (TPSA) is 17.8 Å². The zero-order valence-corrected chi connectivity index (χ0v) is 11.3. The lowest BCUT2D eigenvalue weighted by Crippen LogP contribution is -2.04. The summed E-state index contributed by atoms with van der Waals surface area (Å²) in [7, 11) is 0. The molecule has 3 heteroatoms. The van der Waals surface area contributed by atoms with E-state index in [0.717, 1.165) is 24.9 Å². The summed E-state index contributed by atoms with van der Waals surface area (Å²) in [6.07, 6.45) is 2.17. The van der Waals surface area contributed by atoms with Crippen LogP contribution in [0.3, 0.4) is 0 Å². The van der Waals surface area contributed by atoms with E-state index >= 15 is 0 Å². The molecule has 0 aliphatic heterocycles. The minimum atomic E-state index is 0.930. The molecule has 0 unspecified atom stereocenters. The zero-order chi connectivity index (χ0) is 12.4. The second-order valence-corrected chi connectivity index (χ2v) is 5.26. The van der Waals surface area contributed by atoms with Crippen molar-refractivity contribution in [3.05, 3.63) is 52.5 Å². The van der Waals surface area contributed by atoms with Crippen molar-refractivity contribution in [1.29, 1.82) is 0 Å². The summed E-state index contributed by atoms with van der Waals surface area (Å²) in [6, 6.07) is 10.6. The number of aryl methyl sites for hydroxylation is 1. The van der Waals surface area contributed by atoms with Crippen LogP contribution in [0.15, 0.2) is 41.1 Å². The van der Waals surface area contributed by atoms with E-state index in [1.165, 1.54) is 16.9 Å². The van der Waals surface area contributed by atoms with Gasteiger partial charge in [-0.05, 0) is 40.9 Å². The Morgan fingerprint density at radius 2 is 2.11 bits per heavy atom. The largest absolute Gasteiger partial charge is 0.323 e. The molecule has 18 heavy (non-hydrogen) atoms. The molecule has 0 N–H and O–H groups in total. The second kappa shape index (κ2) is 4.94. The number of benzene rings is 1. The van der Waals surface area contributed by atoms with Crippen LogP contribution < -0.4 is 0 Å². The number of rotatable bonds is 4. The summed E-state index contributed by atoms with van der Waals surface area (Å²) in [6.45, 7) is 3.13. The van der Waals surface area contributed by atoms with Gasteiger partial charge >= 0.3 is 0 Å². The van der Waals surface area contributed by atoms with Gasteiger partial charge in [0.15, 0.2) is 0 Å². The van der Waals surface area contributed by atoms with Gasteiger partial charge in [0.25, 0.3) is 0 Å². The number of thiophene rings is 1. The van der Waals surface area contributed by atoms with E-state index in [4.69, 9.17) is 4.98 Å². The molecule has 0 aliphatic rings. The van der Waals surface area contributed by atoms with Gasteiger partial charge in [0.1, 0.15) is 5.82 Å². The first-order valence-electron chi connectivity index (χ1n) is 6.33. The Hall–Kier alpha value is -1.61. The summed E-state index contributed by atoms with van der Waals surface area (Å²) in [5, 5.41) is 4.35. The molecule has 0 amide bonds. The van der Waals surface area contributed by atoms with Gasteiger partial charge in [0.2, 0.25) is 0 Å². The average Bonchev–Trinajstić information content (AvgIpc) is 3.00.